The Labute approximate surface area is 130 Å². The summed E-state index contributed by atoms with van der Waals surface area (Å²) in [5.74, 6) is -0.116. The number of ether oxygens (including phenoxy) is 1. The van der Waals surface area contributed by atoms with Crippen LogP contribution in [0.5, 0.6) is 0 Å². The Morgan fingerprint density at radius 1 is 1.61 bits per heavy atom. The van der Waals surface area contributed by atoms with E-state index in [1.807, 2.05) is 0 Å². The lowest BCUT2D eigenvalue weighted by molar-refractivity contribution is -0.0172. The summed E-state index contributed by atoms with van der Waals surface area (Å²) in [6, 6.07) is 0. The van der Waals surface area contributed by atoms with E-state index in [1.54, 1.807) is 19.0 Å². The molecular formula is C13H18N6O4. The molecule has 5 N–H and O–H groups in total. The van der Waals surface area contributed by atoms with Gasteiger partial charge in [0.05, 0.1) is 12.4 Å². The van der Waals surface area contributed by atoms with Crippen molar-refractivity contribution in [1.82, 2.24) is 24.4 Å². The zero-order valence-electron chi connectivity index (χ0n) is 12.7. The molecule has 0 unspecified atom stereocenters. The van der Waals surface area contributed by atoms with Gasteiger partial charge in [-0.15, -0.1) is 0 Å². The van der Waals surface area contributed by atoms with E-state index in [-0.39, 0.29) is 29.3 Å². The van der Waals surface area contributed by atoms with Gasteiger partial charge >= 0.3 is 0 Å². The Balaban J connectivity index is 1.94. The van der Waals surface area contributed by atoms with Crippen molar-refractivity contribution in [3.63, 3.8) is 0 Å². The predicted molar refractivity (Wildman–Crippen MR) is 81.5 cm³/mol. The zero-order chi connectivity index (χ0) is 16.7. The van der Waals surface area contributed by atoms with Crippen molar-refractivity contribution in [2.45, 2.75) is 24.9 Å². The monoisotopic (exact) mass is 322 g/mol. The molecular weight excluding hydrogens is 304 g/mol. The molecule has 0 spiro atoms. The van der Waals surface area contributed by atoms with E-state index in [4.69, 9.17) is 10.5 Å². The van der Waals surface area contributed by atoms with Gasteiger partial charge in [0, 0.05) is 26.7 Å². The lowest BCUT2D eigenvalue weighted by atomic mass is 10.1. The van der Waals surface area contributed by atoms with E-state index in [2.05, 4.69) is 15.0 Å². The Hall–Kier alpha value is -2.59. The summed E-state index contributed by atoms with van der Waals surface area (Å²) in [6.45, 7) is 0. The number of aliphatic hydroxyl groups excluding tert-OH is 2. The lowest BCUT2D eigenvalue weighted by Gasteiger charge is -2.16. The molecule has 0 bridgehead atoms. The molecule has 10 nitrogen and oxygen atoms in total. The topological polar surface area (TPSA) is 143 Å². The maximum Gasteiger partial charge on any atom is 0.280 e. The minimum absolute atomic E-state index is 0.0327. The number of aromatic amines is 1. The summed E-state index contributed by atoms with van der Waals surface area (Å²) in [6.07, 6.45) is 0.705. The molecule has 124 valence electrons. The third-order valence-corrected chi connectivity index (χ3v) is 3.54. The minimum atomic E-state index is -0.895. The van der Waals surface area contributed by atoms with Crippen LogP contribution in [0.15, 0.2) is 23.1 Å². The number of hydrogen-bond acceptors (Lipinski definition) is 8. The molecule has 23 heavy (non-hydrogen) atoms. The van der Waals surface area contributed by atoms with E-state index < -0.39 is 24.0 Å². The molecule has 0 aromatic carbocycles. The van der Waals surface area contributed by atoms with Gasteiger partial charge in [-0.3, -0.25) is 14.3 Å². The van der Waals surface area contributed by atoms with Crippen LogP contribution < -0.4 is 11.3 Å². The highest BCUT2D eigenvalue weighted by atomic mass is 16.5. The molecule has 1 fully saturated rings. The molecule has 3 rings (SSSR count). The maximum absolute atomic E-state index is 11.8. The molecule has 0 aliphatic carbocycles. The van der Waals surface area contributed by atoms with Gasteiger partial charge in [0.15, 0.2) is 11.2 Å². The summed E-state index contributed by atoms with van der Waals surface area (Å²) in [7, 11) is 3.49. The highest BCUT2D eigenvalue weighted by molar-refractivity contribution is 5.70. The third-order valence-electron chi connectivity index (χ3n) is 3.54. The molecule has 3 atom stereocenters. The number of aromatic nitrogens is 4. The maximum atomic E-state index is 11.8. The van der Waals surface area contributed by atoms with Crippen LogP contribution in [-0.4, -0.2) is 60.9 Å². The number of imidazole rings is 1. The summed E-state index contributed by atoms with van der Waals surface area (Å²) in [5.41, 5.74) is 5.51. The van der Waals surface area contributed by atoms with Crippen molar-refractivity contribution in [3.05, 3.63) is 28.6 Å². The smallest absolute Gasteiger partial charge is 0.280 e. The predicted octanol–water partition coefficient (Wildman–Crippen LogP) is -0.689. The number of hydrogen-bond donors (Lipinski definition) is 4. The first-order valence-electron chi connectivity index (χ1n) is 6.99. The van der Waals surface area contributed by atoms with Crippen LogP contribution in [0.3, 0.4) is 0 Å². The molecule has 2 aromatic rings. The number of nitrogens with one attached hydrogen (secondary N) is 1. The standard InChI is InChI=1S/C13H18N6O4/c1-18(2)4-7(21)10-6(20)3-8(23-10)19-5-15-9-11(19)16-13(14)17-12(9)22/h4-6,8,10,20-21H,3H2,1-2H3,(H3,14,16,17,22)/t6-,8+,10-/m0/s1. The second-order valence-electron chi connectivity index (χ2n) is 5.61. The molecule has 0 saturated carbocycles. The molecule has 1 aliphatic heterocycles. The fraction of sp³-hybridized carbons (Fsp3) is 0.462. The van der Waals surface area contributed by atoms with Gasteiger partial charge in [-0.05, 0) is 0 Å². The van der Waals surface area contributed by atoms with Gasteiger partial charge in [-0.25, -0.2) is 4.98 Å². The first-order valence-corrected chi connectivity index (χ1v) is 6.99. The quantitative estimate of drug-likeness (QED) is 0.544. The summed E-state index contributed by atoms with van der Waals surface area (Å²) >= 11 is 0. The van der Waals surface area contributed by atoms with Gasteiger partial charge in [-0.2, -0.15) is 4.98 Å². The average molecular weight is 322 g/mol. The van der Waals surface area contributed by atoms with E-state index in [0.29, 0.717) is 0 Å². The molecule has 3 heterocycles. The number of nitrogen functional groups attached to an aromatic ring is 1. The van der Waals surface area contributed by atoms with Crippen LogP contribution in [0.25, 0.3) is 11.2 Å². The molecule has 0 radical (unpaired) electrons. The number of nitrogens with two attached hydrogens (primary N) is 1. The molecule has 2 aromatic heterocycles. The SMILES string of the molecule is CN(C)C=C(O)[C@H]1O[C@@H](n2cnc3c(=O)[nH]c(N)nc32)C[C@@H]1O. The molecule has 0 amide bonds. The Bertz CT molecular complexity index is 810. The first kappa shape index (κ1) is 15.3. The highest BCUT2D eigenvalue weighted by Gasteiger charge is 2.38. The van der Waals surface area contributed by atoms with Crippen molar-refractivity contribution >= 4 is 17.1 Å². The number of anilines is 1. The molecule has 1 saturated heterocycles. The van der Waals surface area contributed by atoms with Gasteiger partial charge in [-0.1, -0.05) is 0 Å². The summed E-state index contributed by atoms with van der Waals surface area (Å²) in [4.78, 5) is 23.9. The van der Waals surface area contributed by atoms with Crippen molar-refractivity contribution in [3.8, 4) is 0 Å². The number of aliphatic hydroxyl groups is 2. The second-order valence-corrected chi connectivity index (χ2v) is 5.61. The van der Waals surface area contributed by atoms with Crippen LogP contribution in [0, 0.1) is 0 Å². The fourth-order valence-electron chi connectivity index (χ4n) is 2.58. The summed E-state index contributed by atoms with van der Waals surface area (Å²) in [5, 5.41) is 20.2. The number of H-pyrrole nitrogens is 1. The number of rotatable bonds is 3. The highest BCUT2D eigenvalue weighted by Crippen LogP contribution is 2.33. The van der Waals surface area contributed by atoms with Crippen LogP contribution in [0.4, 0.5) is 5.95 Å². The van der Waals surface area contributed by atoms with Crippen LogP contribution in [-0.2, 0) is 4.74 Å². The van der Waals surface area contributed by atoms with Gasteiger partial charge in [0.25, 0.3) is 5.56 Å². The normalized spacial score (nSPS) is 25.2. The van der Waals surface area contributed by atoms with Crippen LogP contribution >= 0.6 is 0 Å². The Morgan fingerprint density at radius 3 is 3.04 bits per heavy atom. The van der Waals surface area contributed by atoms with Gasteiger partial charge in [0.2, 0.25) is 5.95 Å². The lowest BCUT2D eigenvalue weighted by Crippen LogP contribution is -2.24. The molecule has 10 heteroatoms. The van der Waals surface area contributed by atoms with E-state index in [9.17, 15) is 15.0 Å². The van der Waals surface area contributed by atoms with Crippen LogP contribution in [0.1, 0.15) is 12.6 Å². The van der Waals surface area contributed by atoms with Crippen molar-refractivity contribution in [1.29, 1.82) is 0 Å². The Kier molecular flexibility index (Phi) is 3.70. The van der Waals surface area contributed by atoms with E-state index in [0.717, 1.165) is 0 Å². The Morgan fingerprint density at radius 2 is 2.35 bits per heavy atom. The second kappa shape index (κ2) is 5.56. The number of nitrogens with zero attached hydrogens (tertiary/aromatic N) is 4. The fourth-order valence-corrected chi connectivity index (χ4v) is 2.58. The van der Waals surface area contributed by atoms with Gasteiger partial charge < -0.3 is 25.6 Å². The minimum Gasteiger partial charge on any atom is -0.508 e. The van der Waals surface area contributed by atoms with E-state index >= 15 is 0 Å². The van der Waals surface area contributed by atoms with Crippen LogP contribution in [0.2, 0.25) is 0 Å². The molecule has 1 aliphatic rings. The van der Waals surface area contributed by atoms with Gasteiger partial charge in [0.1, 0.15) is 18.1 Å². The van der Waals surface area contributed by atoms with Crippen molar-refractivity contribution < 1.29 is 14.9 Å². The first-order chi connectivity index (χ1) is 10.9. The number of fused-ring (bicyclic) bond motifs is 1. The largest absolute Gasteiger partial charge is 0.508 e. The average Bonchev–Trinajstić information content (AvgIpc) is 3.01. The van der Waals surface area contributed by atoms with E-state index in [1.165, 1.54) is 17.1 Å². The summed E-state index contributed by atoms with van der Waals surface area (Å²) < 4.78 is 7.22. The van der Waals surface area contributed by atoms with Crippen molar-refractivity contribution in [2.75, 3.05) is 19.8 Å². The third kappa shape index (κ3) is 2.73. The van der Waals surface area contributed by atoms with Crippen molar-refractivity contribution in [2.24, 2.45) is 0 Å². The zero-order valence-corrected chi connectivity index (χ0v) is 12.7.